The third-order valence-corrected chi connectivity index (χ3v) is 6.55. The Bertz CT molecular complexity index is 952. The maximum absolute atomic E-state index is 13.6. The van der Waals surface area contributed by atoms with E-state index >= 15 is 0 Å². The van der Waals surface area contributed by atoms with E-state index in [0.29, 0.717) is 31.7 Å². The van der Waals surface area contributed by atoms with E-state index in [-0.39, 0.29) is 28.8 Å². The smallest absolute Gasteiger partial charge is 0.252 e. The highest BCUT2D eigenvalue weighted by molar-refractivity contribution is 6.33. The van der Waals surface area contributed by atoms with Gasteiger partial charge in [0.1, 0.15) is 12.1 Å². The average Bonchev–Trinajstić information content (AvgIpc) is 3.39. The number of ether oxygens (including phenoxy) is 2. The lowest BCUT2D eigenvalue weighted by Gasteiger charge is -2.35. The molecule has 3 rings (SSSR count). The van der Waals surface area contributed by atoms with Crippen LogP contribution in [0.1, 0.15) is 57.3 Å². The number of aliphatic hydroxyl groups excluding tert-OH is 1. The Morgan fingerprint density at radius 1 is 1.34 bits per heavy atom. The van der Waals surface area contributed by atoms with Crippen LogP contribution in [0.3, 0.4) is 0 Å². The van der Waals surface area contributed by atoms with Crippen LogP contribution < -0.4 is 16.4 Å². The summed E-state index contributed by atoms with van der Waals surface area (Å²) in [5.41, 5.74) is 5.74. The van der Waals surface area contributed by atoms with Gasteiger partial charge in [-0.2, -0.15) is 0 Å². The van der Waals surface area contributed by atoms with Crippen LogP contribution in [0.15, 0.2) is 18.2 Å². The molecular formula is C24H35ClN4O6. The number of carbonyl (C=O) groups is 3. The van der Waals surface area contributed by atoms with Crippen LogP contribution in [0.4, 0.5) is 5.69 Å². The van der Waals surface area contributed by atoms with Gasteiger partial charge in [-0.25, -0.2) is 0 Å². The molecule has 0 bridgehead atoms. The number of hydrogen-bond donors (Lipinski definition) is 4. The summed E-state index contributed by atoms with van der Waals surface area (Å²) in [4.78, 5) is 41.3. The van der Waals surface area contributed by atoms with Gasteiger partial charge >= 0.3 is 0 Å². The second kappa shape index (κ2) is 11.1. The predicted octanol–water partition coefficient (Wildman–Crippen LogP) is 1.64. The summed E-state index contributed by atoms with van der Waals surface area (Å²) in [7, 11) is 0. The Kier molecular flexibility index (Phi) is 8.63. The molecule has 2 fully saturated rings. The van der Waals surface area contributed by atoms with Crippen LogP contribution in [-0.2, 0) is 19.1 Å². The Labute approximate surface area is 210 Å². The van der Waals surface area contributed by atoms with E-state index in [9.17, 15) is 19.5 Å². The molecule has 0 aromatic heterocycles. The van der Waals surface area contributed by atoms with Crippen molar-refractivity contribution < 1.29 is 29.0 Å². The predicted molar refractivity (Wildman–Crippen MR) is 130 cm³/mol. The normalized spacial score (nSPS) is 25.4. The summed E-state index contributed by atoms with van der Waals surface area (Å²) in [5.74, 6) is -1.14. The van der Waals surface area contributed by atoms with Crippen molar-refractivity contribution in [2.24, 2.45) is 5.41 Å². The Morgan fingerprint density at radius 3 is 2.69 bits per heavy atom. The fourth-order valence-corrected chi connectivity index (χ4v) is 4.54. The van der Waals surface area contributed by atoms with Crippen molar-refractivity contribution in [3.05, 3.63) is 28.8 Å². The number of aliphatic hydroxyl groups is 1. The monoisotopic (exact) mass is 510 g/mol. The van der Waals surface area contributed by atoms with Crippen LogP contribution in [-0.4, -0.2) is 71.6 Å². The Balaban J connectivity index is 1.73. The van der Waals surface area contributed by atoms with E-state index in [0.717, 1.165) is 0 Å². The Morgan fingerprint density at radius 2 is 2.06 bits per heavy atom. The zero-order valence-electron chi connectivity index (χ0n) is 20.5. The molecule has 1 aromatic carbocycles. The molecule has 11 heteroatoms. The van der Waals surface area contributed by atoms with E-state index in [2.05, 4.69) is 10.6 Å². The lowest BCUT2D eigenvalue weighted by atomic mass is 9.85. The highest BCUT2D eigenvalue weighted by atomic mass is 35.5. The van der Waals surface area contributed by atoms with Crippen molar-refractivity contribution in [2.75, 3.05) is 18.9 Å². The number of nitrogens with two attached hydrogens (primary N) is 1. The largest absolute Gasteiger partial charge is 0.398 e. The standard InChI is InChI=1S/C24H35ClN4O6/c1-5-34-23-16(12-18(30)35-23)27-21(32)17-7-6-10-29(17)22(33)19(24(2,3)4)28-20(31)13-8-9-15(26)14(25)11-13/h8-9,11,16-19,23,30H,5-7,10,12,26H2,1-4H3,(H,27,32)(H,28,31)/t16-,17-,18?,19+,23+/m0/s1. The molecule has 0 aliphatic carbocycles. The molecule has 0 spiro atoms. The molecule has 194 valence electrons. The van der Waals surface area contributed by atoms with Gasteiger partial charge in [0.25, 0.3) is 5.91 Å². The third-order valence-electron chi connectivity index (χ3n) is 6.22. The summed E-state index contributed by atoms with van der Waals surface area (Å²) < 4.78 is 10.8. The van der Waals surface area contributed by atoms with Crippen molar-refractivity contribution in [3.63, 3.8) is 0 Å². The van der Waals surface area contributed by atoms with E-state index in [1.165, 1.54) is 17.0 Å². The van der Waals surface area contributed by atoms with Crippen molar-refractivity contribution >= 4 is 35.0 Å². The highest BCUT2D eigenvalue weighted by Crippen LogP contribution is 2.28. The van der Waals surface area contributed by atoms with Crippen LogP contribution in [0, 0.1) is 5.41 Å². The van der Waals surface area contributed by atoms with Crippen LogP contribution >= 0.6 is 11.6 Å². The first-order chi connectivity index (χ1) is 16.4. The average molecular weight is 511 g/mol. The second-order valence-electron chi connectivity index (χ2n) is 9.96. The minimum atomic E-state index is -1.03. The number of amides is 3. The SMILES string of the molecule is CCO[C@@H]1OC(O)C[C@@H]1NC(=O)[C@@H]1CCCN1C(=O)[C@@H](NC(=O)c1ccc(N)c(Cl)c1)C(C)(C)C. The molecule has 2 heterocycles. The van der Waals surface area contributed by atoms with Crippen LogP contribution in [0.2, 0.25) is 5.02 Å². The Hall–Kier alpha value is -2.40. The molecule has 2 aliphatic heterocycles. The van der Waals surface area contributed by atoms with Crippen LogP contribution in [0.5, 0.6) is 0 Å². The first-order valence-electron chi connectivity index (χ1n) is 11.8. The number of nitrogen functional groups attached to an aromatic ring is 1. The summed E-state index contributed by atoms with van der Waals surface area (Å²) >= 11 is 6.06. The first-order valence-corrected chi connectivity index (χ1v) is 12.2. The first kappa shape index (κ1) is 27.2. The number of nitrogens with zero attached hydrogens (tertiary/aromatic N) is 1. The van der Waals surface area contributed by atoms with E-state index in [1.807, 2.05) is 20.8 Å². The number of benzene rings is 1. The van der Waals surface area contributed by atoms with Gasteiger partial charge in [0.15, 0.2) is 12.6 Å². The molecule has 5 atom stereocenters. The van der Waals surface area contributed by atoms with Crippen LogP contribution in [0.25, 0.3) is 0 Å². The zero-order valence-corrected chi connectivity index (χ0v) is 21.3. The lowest BCUT2D eigenvalue weighted by molar-refractivity contribution is -0.188. The van der Waals surface area contributed by atoms with Crippen molar-refractivity contribution in [1.82, 2.24) is 15.5 Å². The molecule has 2 aliphatic rings. The summed E-state index contributed by atoms with van der Waals surface area (Å²) in [6.07, 6.45) is -0.438. The minimum Gasteiger partial charge on any atom is -0.398 e. The number of likely N-dealkylation sites (tertiary alicyclic amines) is 1. The van der Waals surface area contributed by atoms with Crippen molar-refractivity contribution in [2.45, 2.75) is 77.7 Å². The lowest BCUT2D eigenvalue weighted by Crippen LogP contribution is -2.58. The van der Waals surface area contributed by atoms with Gasteiger partial charge < -0.3 is 35.8 Å². The molecule has 0 saturated carbocycles. The zero-order chi connectivity index (χ0) is 25.9. The molecule has 5 N–H and O–H groups in total. The molecule has 35 heavy (non-hydrogen) atoms. The molecular weight excluding hydrogens is 476 g/mol. The quantitative estimate of drug-likeness (QED) is 0.408. The number of hydrogen-bond acceptors (Lipinski definition) is 7. The maximum Gasteiger partial charge on any atom is 0.252 e. The number of anilines is 1. The van der Waals surface area contributed by atoms with Gasteiger partial charge in [-0.05, 0) is 43.4 Å². The van der Waals surface area contributed by atoms with Crippen molar-refractivity contribution in [3.8, 4) is 0 Å². The molecule has 10 nitrogen and oxygen atoms in total. The van der Waals surface area contributed by atoms with Gasteiger partial charge in [-0.3, -0.25) is 14.4 Å². The topological polar surface area (TPSA) is 143 Å². The fourth-order valence-electron chi connectivity index (χ4n) is 4.36. The summed E-state index contributed by atoms with van der Waals surface area (Å²) in [5, 5.41) is 15.8. The van der Waals surface area contributed by atoms with Gasteiger partial charge in [0.2, 0.25) is 11.8 Å². The maximum atomic E-state index is 13.6. The number of halogens is 1. The van der Waals surface area contributed by atoms with E-state index < -0.39 is 42.0 Å². The van der Waals surface area contributed by atoms with Gasteiger partial charge in [0, 0.05) is 25.1 Å². The summed E-state index contributed by atoms with van der Waals surface area (Å²) in [6.45, 7) is 8.10. The van der Waals surface area contributed by atoms with Gasteiger partial charge in [0.05, 0.1) is 16.8 Å². The number of rotatable bonds is 7. The van der Waals surface area contributed by atoms with E-state index in [1.54, 1.807) is 13.0 Å². The number of carbonyl (C=O) groups excluding carboxylic acids is 3. The van der Waals surface area contributed by atoms with E-state index in [4.69, 9.17) is 26.8 Å². The molecule has 1 aromatic rings. The van der Waals surface area contributed by atoms with Crippen molar-refractivity contribution in [1.29, 1.82) is 0 Å². The fraction of sp³-hybridized carbons (Fsp3) is 0.625. The highest BCUT2D eigenvalue weighted by Gasteiger charge is 2.44. The molecule has 0 radical (unpaired) electrons. The summed E-state index contributed by atoms with van der Waals surface area (Å²) in [6, 6.07) is 2.42. The second-order valence-corrected chi connectivity index (χ2v) is 10.4. The molecule has 2 saturated heterocycles. The van der Waals surface area contributed by atoms with Gasteiger partial charge in [-0.15, -0.1) is 0 Å². The minimum absolute atomic E-state index is 0.196. The van der Waals surface area contributed by atoms with Gasteiger partial charge in [-0.1, -0.05) is 32.4 Å². The number of nitrogens with one attached hydrogen (secondary N) is 2. The third kappa shape index (κ3) is 6.43. The molecule has 1 unspecified atom stereocenters. The molecule has 3 amide bonds.